The number of hydrogen-bond acceptors (Lipinski definition) is 2. The quantitative estimate of drug-likeness (QED) is 0.783. The zero-order valence-electron chi connectivity index (χ0n) is 13.2. The smallest absolute Gasteiger partial charge is 0.256 e. The first-order chi connectivity index (χ1) is 11.2. The molecule has 1 fully saturated rings. The normalized spacial score (nSPS) is 14.6. The number of aryl methyl sites for hydroxylation is 1. The van der Waals surface area contributed by atoms with Crippen LogP contribution in [0.2, 0.25) is 0 Å². The highest BCUT2D eigenvalue weighted by molar-refractivity contribution is 6.04. The molecule has 1 aromatic carbocycles. The van der Waals surface area contributed by atoms with Crippen LogP contribution in [0.3, 0.4) is 0 Å². The molecule has 0 radical (unpaired) electrons. The second-order valence-corrected chi connectivity index (χ2v) is 6.15. The fourth-order valence-corrected chi connectivity index (χ4v) is 3.31. The lowest BCUT2D eigenvalue weighted by atomic mass is 10.0. The Kier molecular flexibility index (Phi) is 3.37. The average molecular weight is 305 g/mol. The third-order valence-corrected chi connectivity index (χ3v) is 4.52. The van der Waals surface area contributed by atoms with Gasteiger partial charge in [0.15, 0.2) is 0 Å². The Labute approximate surface area is 135 Å². The summed E-state index contributed by atoms with van der Waals surface area (Å²) in [6.07, 6.45) is 5.89. The fourth-order valence-electron chi connectivity index (χ4n) is 3.31. The van der Waals surface area contributed by atoms with E-state index >= 15 is 0 Å². The Hall–Kier alpha value is -2.62. The molecule has 2 aromatic heterocycles. The number of aromatic amines is 1. The molecule has 0 bridgehead atoms. The molecule has 0 aliphatic carbocycles. The molecule has 23 heavy (non-hydrogen) atoms. The summed E-state index contributed by atoms with van der Waals surface area (Å²) in [4.78, 5) is 22.6. The Bertz CT molecular complexity index is 875. The lowest BCUT2D eigenvalue weighted by Crippen LogP contribution is -2.28. The van der Waals surface area contributed by atoms with Crippen LogP contribution in [0, 0.1) is 6.92 Å². The van der Waals surface area contributed by atoms with E-state index in [4.69, 9.17) is 0 Å². The maximum absolute atomic E-state index is 12.8. The van der Waals surface area contributed by atoms with Crippen molar-refractivity contribution in [1.82, 2.24) is 14.9 Å². The van der Waals surface area contributed by atoms with Crippen molar-refractivity contribution < 1.29 is 4.79 Å². The molecule has 1 amide bonds. The molecule has 0 spiro atoms. The van der Waals surface area contributed by atoms with Crippen LogP contribution in [-0.4, -0.2) is 33.9 Å². The molecular weight excluding hydrogens is 286 g/mol. The van der Waals surface area contributed by atoms with Gasteiger partial charge in [-0.2, -0.15) is 0 Å². The molecule has 116 valence electrons. The summed E-state index contributed by atoms with van der Waals surface area (Å²) in [5, 5.41) is 1.11. The number of benzene rings is 1. The summed E-state index contributed by atoms with van der Waals surface area (Å²) in [6.45, 7) is 3.77. The molecule has 1 saturated heterocycles. The molecule has 4 rings (SSSR count). The number of H-pyrrole nitrogens is 1. The van der Waals surface area contributed by atoms with Gasteiger partial charge in [-0.3, -0.25) is 9.78 Å². The van der Waals surface area contributed by atoms with Gasteiger partial charge < -0.3 is 9.88 Å². The number of nitrogens with one attached hydrogen (secondary N) is 1. The molecule has 0 unspecified atom stereocenters. The molecule has 1 aliphatic heterocycles. The minimum absolute atomic E-state index is 0.0904. The standard InChI is InChI=1S/C19H19N3O/c1-13-6-7-17-15(11-13)16(12-21-17)18-14(5-4-8-20-18)19(23)22-9-2-3-10-22/h4-8,11-12,21H,2-3,9-10H2,1H3. The number of carbonyl (C=O) groups is 1. The van der Waals surface area contributed by atoms with E-state index in [9.17, 15) is 4.79 Å². The van der Waals surface area contributed by atoms with Gasteiger partial charge in [-0.15, -0.1) is 0 Å². The van der Waals surface area contributed by atoms with Gasteiger partial charge in [0.05, 0.1) is 11.3 Å². The van der Waals surface area contributed by atoms with E-state index in [0.717, 1.165) is 48.1 Å². The number of fused-ring (bicyclic) bond motifs is 1. The zero-order valence-corrected chi connectivity index (χ0v) is 13.2. The molecule has 3 heterocycles. The number of rotatable bonds is 2. The Morgan fingerprint density at radius 3 is 2.87 bits per heavy atom. The molecule has 0 saturated carbocycles. The van der Waals surface area contributed by atoms with E-state index < -0.39 is 0 Å². The second-order valence-electron chi connectivity index (χ2n) is 6.15. The maximum atomic E-state index is 12.8. The van der Waals surface area contributed by atoms with Crippen molar-refractivity contribution in [2.45, 2.75) is 19.8 Å². The number of hydrogen-bond donors (Lipinski definition) is 1. The molecule has 1 N–H and O–H groups in total. The number of likely N-dealkylation sites (tertiary alicyclic amines) is 1. The molecular formula is C19H19N3O. The number of carbonyl (C=O) groups excluding carboxylic acids is 1. The van der Waals surface area contributed by atoms with Crippen LogP contribution in [0.5, 0.6) is 0 Å². The van der Waals surface area contributed by atoms with Gasteiger partial charge in [-0.1, -0.05) is 11.6 Å². The van der Waals surface area contributed by atoms with Crippen LogP contribution in [-0.2, 0) is 0 Å². The minimum Gasteiger partial charge on any atom is -0.360 e. The maximum Gasteiger partial charge on any atom is 0.256 e. The topological polar surface area (TPSA) is 49.0 Å². The number of aromatic nitrogens is 2. The van der Waals surface area contributed by atoms with Crippen molar-refractivity contribution in [1.29, 1.82) is 0 Å². The minimum atomic E-state index is 0.0904. The number of amides is 1. The predicted octanol–water partition coefficient (Wildman–Crippen LogP) is 3.77. The van der Waals surface area contributed by atoms with Gasteiger partial charge in [-0.05, 0) is 44.0 Å². The Morgan fingerprint density at radius 2 is 2.04 bits per heavy atom. The van der Waals surface area contributed by atoms with Crippen LogP contribution in [0.25, 0.3) is 22.2 Å². The highest BCUT2D eigenvalue weighted by Crippen LogP contribution is 2.31. The van der Waals surface area contributed by atoms with Crippen molar-refractivity contribution in [2.24, 2.45) is 0 Å². The van der Waals surface area contributed by atoms with E-state index in [1.807, 2.05) is 23.2 Å². The Balaban J connectivity index is 1.85. The van der Waals surface area contributed by atoms with Gasteiger partial charge >= 0.3 is 0 Å². The van der Waals surface area contributed by atoms with Crippen molar-refractivity contribution >= 4 is 16.8 Å². The van der Waals surface area contributed by atoms with Crippen molar-refractivity contribution in [2.75, 3.05) is 13.1 Å². The van der Waals surface area contributed by atoms with Gasteiger partial charge in [0, 0.05) is 41.9 Å². The van der Waals surface area contributed by atoms with Crippen molar-refractivity contribution in [3.8, 4) is 11.3 Å². The largest absolute Gasteiger partial charge is 0.360 e. The van der Waals surface area contributed by atoms with Crippen LogP contribution >= 0.6 is 0 Å². The summed E-state index contributed by atoms with van der Waals surface area (Å²) in [5.74, 6) is 0.0904. The number of pyridine rings is 1. The van der Waals surface area contributed by atoms with Crippen LogP contribution < -0.4 is 0 Å². The van der Waals surface area contributed by atoms with E-state index in [0.29, 0.717) is 5.56 Å². The molecule has 3 aromatic rings. The van der Waals surface area contributed by atoms with Crippen molar-refractivity contribution in [3.63, 3.8) is 0 Å². The first kappa shape index (κ1) is 14.0. The lowest BCUT2D eigenvalue weighted by Gasteiger charge is -2.17. The SMILES string of the molecule is Cc1ccc2[nH]cc(-c3ncccc3C(=O)N3CCCC3)c2c1. The Morgan fingerprint density at radius 1 is 1.22 bits per heavy atom. The third kappa shape index (κ3) is 2.40. The molecule has 0 atom stereocenters. The van der Waals surface area contributed by atoms with Crippen LogP contribution in [0.4, 0.5) is 0 Å². The highest BCUT2D eigenvalue weighted by Gasteiger charge is 2.23. The molecule has 1 aliphatic rings. The van der Waals surface area contributed by atoms with Crippen LogP contribution in [0.1, 0.15) is 28.8 Å². The third-order valence-electron chi connectivity index (χ3n) is 4.52. The zero-order chi connectivity index (χ0) is 15.8. The lowest BCUT2D eigenvalue weighted by molar-refractivity contribution is 0.0793. The van der Waals surface area contributed by atoms with Gasteiger partial charge in [0.1, 0.15) is 0 Å². The first-order valence-electron chi connectivity index (χ1n) is 8.06. The first-order valence-corrected chi connectivity index (χ1v) is 8.06. The average Bonchev–Trinajstić information content (AvgIpc) is 3.23. The summed E-state index contributed by atoms with van der Waals surface area (Å²) >= 11 is 0. The van der Waals surface area contributed by atoms with Gasteiger partial charge in [-0.25, -0.2) is 0 Å². The summed E-state index contributed by atoms with van der Waals surface area (Å²) < 4.78 is 0. The van der Waals surface area contributed by atoms with Gasteiger partial charge in [0.25, 0.3) is 5.91 Å². The molecule has 4 nitrogen and oxygen atoms in total. The fraction of sp³-hybridized carbons (Fsp3) is 0.263. The summed E-state index contributed by atoms with van der Waals surface area (Å²) in [6, 6.07) is 10.0. The van der Waals surface area contributed by atoms with E-state index in [1.165, 1.54) is 5.56 Å². The second kappa shape index (κ2) is 5.54. The number of nitrogens with zero attached hydrogens (tertiary/aromatic N) is 2. The predicted molar refractivity (Wildman–Crippen MR) is 91.4 cm³/mol. The van der Waals surface area contributed by atoms with Crippen LogP contribution in [0.15, 0.2) is 42.7 Å². The summed E-state index contributed by atoms with van der Waals surface area (Å²) in [7, 11) is 0. The molecule has 4 heteroatoms. The van der Waals surface area contributed by atoms with E-state index in [1.54, 1.807) is 6.20 Å². The monoisotopic (exact) mass is 305 g/mol. The highest BCUT2D eigenvalue weighted by atomic mass is 16.2. The van der Waals surface area contributed by atoms with E-state index in [2.05, 4.69) is 35.1 Å². The van der Waals surface area contributed by atoms with Crippen molar-refractivity contribution in [3.05, 3.63) is 53.9 Å². The van der Waals surface area contributed by atoms with E-state index in [-0.39, 0.29) is 5.91 Å². The summed E-state index contributed by atoms with van der Waals surface area (Å²) in [5.41, 5.74) is 4.71. The van der Waals surface area contributed by atoms with Gasteiger partial charge in [0.2, 0.25) is 0 Å².